The third kappa shape index (κ3) is 1.56. The van der Waals surface area contributed by atoms with Crippen molar-refractivity contribution in [3.8, 4) is 0 Å². The molecule has 10 heavy (non-hydrogen) atoms. The smallest absolute Gasteiger partial charge is 0.199 e. The van der Waals surface area contributed by atoms with Crippen LogP contribution in [-0.2, 0) is 14.3 Å². The van der Waals surface area contributed by atoms with Crippen molar-refractivity contribution in [1.82, 2.24) is 0 Å². The molecule has 0 aromatic rings. The number of hydrogen-bond donors (Lipinski definition) is 0. The Balaban J connectivity index is 2.65. The fourth-order valence-electron chi connectivity index (χ4n) is 0.623. The molecule has 4 heteroatoms. The van der Waals surface area contributed by atoms with E-state index >= 15 is 0 Å². The third-order valence-electron chi connectivity index (χ3n) is 1.16. The zero-order valence-corrected chi connectivity index (χ0v) is 6.22. The van der Waals surface area contributed by atoms with E-state index in [4.69, 9.17) is 21.1 Å². The number of methoxy groups -OCH3 is 1. The molecule has 1 rings (SSSR count). The van der Waals surface area contributed by atoms with Crippen molar-refractivity contribution >= 4 is 17.4 Å². The lowest BCUT2D eigenvalue weighted by molar-refractivity contribution is -0.136. The molecule has 0 radical (unpaired) electrons. The third-order valence-corrected chi connectivity index (χ3v) is 1.50. The molecule has 0 amide bonds. The Hall–Kier alpha value is -0.380. The molecule has 0 unspecified atom stereocenters. The average Bonchev–Trinajstić information content (AvgIpc) is 1.95. The van der Waals surface area contributed by atoms with Crippen LogP contribution in [0.2, 0.25) is 0 Å². The van der Waals surface area contributed by atoms with Crippen LogP contribution in [0.25, 0.3) is 0 Å². The van der Waals surface area contributed by atoms with E-state index in [2.05, 4.69) is 0 Å². The second-order valence-electron chi connectivity index (χ2n) is 1.85. The highest BCUT2D eigenvalue weighted by molar-refractivity contribution is 6.42. The maximum absolute atomic E-state index is 10.7. The number of halogens is 1. The van der Waals surface area contributed by atoms with Gasteiger partial charge in [-0.1, -0.05) is 11.6 Å². The van der Waals surface area contributed by atoms with Gasteiger partial charge in [0.05, 0.1) is 5.03 Å². The predicted molar refractivity (Wildman–Crippen MR) is 35.7 cm³/mol. The van der Waals surface area contributed by atoms with Crippen molar-refractivity contribution in [3.05, 3.63) is 11.1 Å². The first-order valence-corrected chi connectivity index (χ1v) is 3.16. The summed E-state index contributed by atoms with van der Waals surface area (Å²) in [6.45, 7) is 0.00778. The number of ketones is 1. The van der Waals surface area contributed by atoms with Gasteiger partial charge >= 0.3 is 0 Å². The van der Waals surface area contributed by atoms with Crippen LogP contribution >= 0.6 is 11.6 Å². The highest BCUT2D eigenvalue weighted by Gasteiger charge is 2.18. The summed E-state index contributed by atoms with van der Waals surface area (Å²) in [6, 6.07) is 0. The van der Waals surface area contributed by atoms with Gasteiger partial charge in [0, 0.05) is 7.11 Å². The molecule has 0 aliphatic carbocycles. The molecule has 1 aliphatic heterocycles. The van der Waals surface area contributed by atoms with Crippen molar-refractivity contribution in [2.45, 2.75) is 6.29 Å². The van der Waals surface area contributed by atoms with Crippen LogP contribution in [-0.4, -0.2) is 25.8 Å². The molecule has 0 fully saturated rings. The average molecular weight is 163 g/mol. The van der Waals surface area contributed by atoms with E-state index in [1.54, 1.807) is 0 Å². The van der Waals surface area contributed by atoms with Crippen LogP contribution in [0.1, 0.15) is 0 Å². The summed E-state index contributed by atoms with van der Waals surface area (Å²) in [6.07, 6.45) is 0.970. The first kappa shape index (κ1) is 7.72. The molecular weight excluding hydrogens is 156 g/mol. The summed E-state index contributed by atoms with van der Waals surface area (Å²) in [5.41, 5.74) is 0. The minimum atomic E-state index is -0.467. The molecule has 0 saturated carbocycles. The Morgan fingerprint density at radius 2 is 2.60 bits per heavy atom. The minimum absolute atomic E-state index is 0.00778. The first-order chi connectivity index (χ1) is 4.74. The fourth-order valence-corrected chi connectivity index (χ4v) is 0.781. The largest absolute Gasteiger partial charge is 0.352 e. The van der Waals surface area contributed by atoms with E-state index in [1.807, 2.05) is 0 Å². The highest BCUT2D eigenvalue weighted by atomic mass is 35.5. The topological polar surface area (TPSA) is 35.5 Å². The molecule has 0 aromatic heterocycles. The highest BCUT2D eigenvalue weighted by Crippen LogP contribution is 2.13. The SMILES string of the molecule is CO[C@@H]1C=C(Cl)C(=O)CO1. The Morgan fingerprint density at radius 1 is 1.90 bits per heavy atom. The van der Waals surface area contributed by atoms with E-state index in [9.17, 15) is 4.79 Å². The van der Waals surface area contributed by atoms with Gasteiger partial charge in [-0.25, -0.2) is 0 Å². The minimum Gasteiger partial charge on any atom is -0.352 e. The van der Waals surface area contributed by atoms with Crippen molar-refractivity contribution in [2.24, 2.45) is 0 Å². The Kier molecular flexibility index (Phi) is 2.43. The Morgan fingerprint density at radius 3 is 3.10 bits per heavy atom. The van der Waals surface area contributed by atoms with E-state index in [1.165, 1.54) is 13.2 Å². The molecule has 56 valence electrons. The quantitative estimate of drug-likeness (QED) is 0.569. The predicted octanol–water partition coefficient (Wildman–Crippen LogP) is 0.681. The molecule has 0 spiro atoms. The van der Waals surface area contributed by atoms with Crippen LogP contribution in [0.3, 0.4) is 0 Å². The lowest BCUT2D eigenvalue weighted by Crippen LogP contribution is -2.24. The van der Waals surface area contributed by atoms with Gasteiger partial charge in [0.2, 0.25) is 0 Å². The van der Waals surface area contributed by atoms with Crippen LogP contribution in [0, 0.1) is 0 Å². The lowest BCUT2D eigenvalue weighted by atomic mass is 10.3. The van der Waals surface area contributed by atoms with Gasteiger partial charge in [-0.05, 0) is 6.08 Å². The summed E-state index contributed by atoms with van der Waals surface area (Å²) >= 11 is 5.49. The van der Waals surface area contributed by atoms with Gasteiger partial charge < -0.3 is 9.47 Å². The lowest BCUT2D eigenvalue weighted by Gasteiger charge is -2.16. The van der Waals surface area contributed by atoms with E-state index in [0.717, 1.165) is 0 Å². The van der Waals surface area contributed by atoms with Gasteiger partial charge in [0.1, 0.15) is 6.61 Å². The molecule has 0 bridgehead atoms. The van der Waals surface area contributed by atoms with Crippen molar-refractivity contribution < 1.29 is 14.3 Å². The number of rotatable bonds is 1. The molecular formula is C6H7ClO3. The summed E-state index contributed by atoms with van der Waals surface area (Å²) < 4.78 is 9.65. The number of carbonyl (C=O) groups excluding carboxylic acids is 1. The summed E-state index contributed by atoms with van der Waals surface area (Å²) in [7, 11) is 1.49. The second-order valence-corrected chi connectivity index (χ2v) is 2.26. The van der Waals surface area contributed by atoms with Crippen LogP contribution in [0.5, 0.6) is 0 Å². The Labute approximate surface area is 63.6 Å². The molecule has 3 nitrogen and oxygen atoms in total. The number of Topliss-reactive ketones (excluding diaryl/α,β-unsaturated/α-hetero) is 1. The summed E-state index contributed by atoms with van der Waals surface area (Å²) in [4.78, 5) is 10.7. The van der Waals surface area contributed by atoms with E-state index in [-0.39, 0.29) is 17.4 Å². The van der Waals surface area contributed by atoms with Crippen LogP contribution in [0.4, 0.5) is 0 Å². The maximum Gasteiger partial charge on any atom is 0.199 e. The van der Waals surface area contributed by atoms with Crippen molar-refractivity contribution in [2.75, 3.05) is 13.7 Å². The summed E-state index contributed by atoms with van der Waals surface area (Å²) in [5, 5.41) is 0.193. The number of hydrogen-bond acceptors (Lipinski definition) is 3. The molecule has 0 aromatic carbocycles. The summed E-state index contributed by atoms with van der Waals surface area (Å²) in [5.74, 6) is -0.199. The molecule has 1 aliphatic rings. The fraction of sp³-hybridized carbons (Fsp3) is 0.500. The standard InChI is InChI=1S/C6H7ClO3/c1-9-6-2-4(7)5(8)3-10-6/h2,6H,3H2,1H3/t6-/m0/s1. The molecule has 0 N–H and O–H groups in total. The Bertz CT molecular complexity index is 176. The monoisotopic (exact) mass is 162 g/mol. The van der Waals surface area contributed by atoms with Gasteiger partial charge in [-0.15, -0.1) is 0 Å². The van der Waals surface area contributed by atoms with Gasteiger partial charge in [-0.3, -0.25) is 4.79 Å². The van der Waals surface area contributed by atoms with Gasteiger partial charge in [0.15, 0.2) is 12.1 Å². The van der Waals surface area contributed by atoms with Crippen molar-refractivity contribution in [3.63, 3.8) is 0 Å². The number of ether oxygens (including phenoxy) is 2. The van der Waals surface area contributed by atoms with E-state index < -0.39 is 6.29 Å². The zero-order chi connectivity index (χ0) is 7.56. The van der Waals surface area contributed by atoms with Crippen LogP contribution in [0.15, 0.2) is 11.1 Å². The van der Waals surface area contributed by atoms with Crippen molar-refractivity contribution in [1.29, 1.82) is 0 Å². The molecule has 1 atom stereocenters. The van der Waals surface area contributed by atoms with Gasteiger partial charge in [-0.2, -0.15) is 0 Å². The second kappa shape index (κ2) is 3.14. The first-order valence-electron chi connectivity index (χ1n) is 2.79. The molecule has 1 heterocycles. The maximum atomic E-state index is 10.7. The van der Waals surface area contributed by atoms with Crippen LogP contribution < -0.4 is 0 Å². The number of carbonyl (C=O) groups is 1. The zero-order valence-electron chi connectivity index (χ0n) is 5.46. The van der Waals surface area contributed by atoms with Gasteiger partial charge in [0.25, 0.3) is 0 Å². The van der Waals surface area contributed by atoms with E-state index in [0.29, 0.717) is 0 Å². The normalized spacial score (nSPS) is 26.4. The molecule has 0 saturated heterocycles.